The SMILES string of the molecule is CCNC(=O)C(CCSC)NS(=O)(=O)c1cc(Cl)ccc1Cl. The Morgan fingerprint density at radius 2 is 2.05 bits per heavy atom. The summed E-state index contributed by atoms with van der Waals surface area (Å²) in [5.41, 5.74) is 0. The van der Waals surface area contributed by atoms with Crippen LogP contribution < -0.4 is 10.0 Å². The molecule has 0 saturated carbocycles. The van der Waals surface area contributed by atoms with Crippen molar-refractivity contribution >= 4 is 50.9 Å². The predicted molar refractivity (Wildman–Crippen MR) is 92.3 cm³/mol. The molecule has 0 radical (unpaired) electrons. The molecule has 0 aromatic heterocycles. The second kappa shape index (κ2) is 8.98. The van der Waals surface area contributed by atoms with Crippen LogP contribution in [0.4, 0.5) is 0 Å². The van der Waals surface area contributed by atoms with Crippen molar-refractivity contribution in [1.29, 1.82) is 0 Å². The molecule has 1 aromatic rings. The van der Waals surface area contributed by atoms with Crippen LogP contribution in [0.5, 0.6) is 0 Å². The van der Waals surface area contributed by atoms with Gasteiger partial charge in [0, 0.05) is 11.6 Å². The zero-order chi connectivity index (χ0) is 16.8. The van der Waals surface area contributed by atoms with Crippen LogP contribution in [0.25, 0.3) is 0 Å². The Balaban J connectivity index is 3.03. The fourth-order valence-corrected chi connectivity index (χ4v) is 4.17. The molecule has 0 aliphatic rings. The Morgan fingerprint density at radius 3 is 2.64 bits per heavy atom. The van der Waals surface area contributed by atoms with Gasteiger partial charge in [0.05, 0.1) is 5.02 Å². The number of hydrogen-bond donors (Lipinski definition) is 2. The standard InChI is InChI=1S/C13H18Cl2N2O3S2/c1-3-16-13(18)11(6-7-21-2)17-22(19,20)12-8-9(14)4-5-10(12)15/h4-5,8,11,17H,3,6-7H2,1-2H3,(H,16,18). The smallest absolute Gasteiger partial charge is 0.242 e. The number of likely N-dealkylation sites (N-methyl/N-ethyl adjacent to an activating group) is 1. The third-order valence-electron chi connectivity index (χ3n) is 2.76. The van der Waals surface area contributed by atoms with Crippen molar-refractivity contribution in [3.05, 3.63) is 28.2 Å². The van der Waals surface area contributed by atoms with Gasteiger partial charge in [-0.3, -0.25) is 4.79 Å². The lowest BCUT2D eigenvalue weighted by molar-refractivity contribution is -0.122. The van der Waals surface area contributed by atoms with Crippen molar-refractivity contribution in [2.45, 2.75) is 24.3 Å². The molecule has 1 unspecified atom stereocenters. The molecule has 0 saturated heterocycles. The van der Waals surface area contributed by atoms with E-state index in [-0.39, 0.29) is 20.8 Å². The fraction of sp³-hybridized carbons (Fsp3) is 0.462. The summed E-state index contributed by atoms with van der Waals surface area (Å²) in [5, 5.41) is 2.93. The number of carbonyl (C=O) groups is 1. The maximum Gasteiger partial charge on any atom is 0.242 e. The highest BCUT2D eigenvalue weighted by Gasteiger charge is 2.26. The van der Waals surface area contributed by atoms with Gasteiger partial charge in [-0.05, 0) is 43.6 Å². The first-order valence-corrected chi connectivity index (χ1v) is 10.2. The molecule has 1 amide bonds. The zero-order valence-corrected chi connectivity index (χ0v) is 15.4. The normalized spacial score (nSPS) is 12.9. The van der Waals surface area contributed by atoms with E-state index in [2.05, 4.69) is 10.0 Å². The number of halogens is 2. The number of rotatable bonds is 8. The van der Waals surface area contributed by atoms with E-state index in [1.165, 1.54) is 30.0 Å². The van der Waals surface area contributed by atoms with E-state index in [9.17, 15) is 13.2 Å². The van der Waals surface area contributed by atoms with Gasteiger partial charge in [-0.1, -0.05) is 23.2 Å². The van der Waals surface area contributed by atoms with E-state index >= 15 is 0 Å². The molecule has 2 N–H and O–H groups in total. The first-order valence-electron chi connectivity index (χ1n) is 6.55. The first-order chi connectivity index (χ1) is 10.3. The lowest BCUT2D eigenvalue weighted by Crippen LogP contribution is -2.47. The van der Waals surface area contributed by atoms with Gasteiger partial charge >= 0.3 is 0 Å². The number of benzene rings is 1. The van der Waals surface area contributed by atoms with Gasteiger partial charge in [0.1, 0.15) is 10.9 Å². The number of hydrogen-bond acceptors (Lipinski definition) is 4. The van der Waals surface area contributed by atoms with Crippen molar-refractivity contribution in [3.8, 4) is 0 Å². The average Bonchev–Trinajstić information content (AvgIpc) is 2.46. The summed E-state index contributed by atoms with van der Waals surface area (Å²) in [6.07, 6.45) is 2.27. The molecular weight excluding hydrogens is 367 g/mol. The van der Waals surface area contributed by atoms with Crippen LogP contribution in [0.15, 0.2) is 23.1 Å². The molecule has 1 aromatic carbocycles. The molecule has 9 heteroatoms. The Morgan fingerprint density at radius 1 is 1.36 bits per heavy atom. The van der Waals surface area contributed by atoms with E-state index in [0.717, 1.165) is 0 Å². The molecule has 1 atom stereocenters. The molecular formula is C13H18Cl2N2O3S2. The average molecular weight is 385 g/mol. The summed E-state index contributed by atoms with van der Waals surface area (Å²) in [4.78, 5) is 11.9. The van der Waals surface area contributed by atoms with Crippen LogP contribution >= 0.6 is 35.0 Å². The van der Waals surface area contributed by atoms with Gasteiger partial charge in [0.2, 0.25) is 15.9 Å². The molecule has 1 rings (SSSR count). The van der Waals surface area contributed by atoms with Gasteiger partial charge in [0.15, 0.2) is 0 Å². The molecule has 0 bridgehead atoms. The van der Waals surface area contributed by atoms with E-state index in [4.69, 9.17) is 23.2 Å². The second-order valence-corrected chi connectivity index (χ2v) is 7.94. The fourth-order valence-electron chi connectivity index (χ4n) is 1.71. The molecule has 5 nitrogen and oxygen atoms in total. The molecule has 0 spiro atoms. The van der Waals surface area contributed by atoms with Crippen LogP contribution in [0.2, 0.25) is 10.0 Å². The lowest BCUT2D eigenvalue weighted by Gasteiger charge is -2.18. The minimum atomic E-state index is -3.94. The second-order valence-electron chi connectivity index (χ2n) is 4.42. The largest absolute Gasteiger partial charge is 0.355 e. The number of nitrogens with one attached hydrogen (secondary N) is 2. The van der Waals surface area contributed by atoms with E-state index in [0.29, 0.717) is 18.7 Å². The highest BCUT2D eigenvalue weighted by molar-refractivity contribution is 7.98. The van der Waals surface area contributed by atoms with Gasteiger partial charge < -0.3 is 5.32 Å². The van der Waals surface area contributed by atoms with Gasteiger partial charge in [-0.15, -0.1) is 0 Å². The minimum absolute atomic E-state index is 0.0522. The molecule has 0 heterocycles. The Bertz CT molecular complexity index is 624. The molecule has 0 aliphatic heterocycles. The lowest BCUT2D eigenvalue weighted by atomic mass is 10.2. The molecule has 22 heavy (non-hydrogen) atoms. The molecule has 124 valence electrons. The zero-order valence-electron chi connectivity index (χ0n) is 12.2. The third kappa shape index (κ3) is 5.62. The maximum absolute atomic E-state index is 12.4. The Labute approximate surface area is 145 Å². The van der Waals surface area contributed by atoms with Crippen LogP contribution in [0.1, 0.15) is 13.3 Å². The highest BCUT2D eigenvalue weighted by Crippen LogP contribution is 2.25. The van der Waals surface area contributed by atoms with E-state index in [1.807, 2.05) is 6.26 Å². The number of amides is 1. The first kappa shape index (κ1) is 19.6. The van der Waals surface area contributed by atoms with Gasteiger partial charge in [-0.2, -0.15) is 16.5 Å². The van der Waals surface area contributed by atoms with Crippen LogP contribution in [-0.2, 0) is 14.8 Å². The number of sulfonamides is 1. The number of thioether (sulfide) groups is 1. The highest BCUT2D eigenvalue weighted by atomic mass is 35.5. The van der Waals surface area contributed by atoms with Gasteiger partial charge in [-0.25, -0.2) is 8.42 Å². The third-order valence-corrected chi connectivity index (χ3v) is 5.59. The summed E-state index contributed by atoms with van der Waals surface area (Å²) in [5.74, 6) is 0.284. The predicted octanol–water partition coefficient (Wildman–Crippen LogP) is 2.53. The summed E-state index contributed by atoms with van der Waals surface area (Å²) >= 11 is 13.3. The summed E-state index contributed by atoms with van der Waals surface area (Å²) in [6, 6.07) is 3.31. The summed E-state index contributed by atoms with van der Waals surface area (Å²) in [7, 11) is -3.94. The summed E-state index contributed by atoms with van der Waals surface area (Å²) < 4.78 is 27.3. The van der Waals surface area contributed by atoms with Crippen LogP contribution in [-0.4, -0.2) is 38.9 Å². The topological polar surface area (TPSA) is 75.3 Å². The maximum atomic E-state index is 12.4. The van der Waals surface area contributed by atoms with E-state index in [1.54, 1.807) is 6.92 Å². The van der Waals surface area contributed by atoms with Crippen molar-refractivity contribution in [1.82, 2.24) is 10.0 Å². The number of carbonyl (C=O) groups excluding carboxylic acids is 1. The van der Waals surface area contributed by atoms with E-state index < -0.39 is 16.1 Å². The minimum Gasteiger partial charge on any atom is -0.355 e. The molecule has 0 fully saturated rings. The van der Waals surface area contributed by atoms with Gasteiger partial charge in [0.25, 0.3) is 0 Å². The molecule has 0 aliphatic carbocycles. The Kier molecular flexibility index (Phi) is 7.99. The van der Waals surface area contributed by atoms with Crippen LogP contribution in [0, 0.1) is 0 Å². The monoisotopic (exact) mass is 384 g/mol. The van der Waals surface area contributed by atoms with Crippen molar-refractivity contribution in [2.75, 3.05) is 18.6 Å². The summed E-state index contributed by atoms with van der Waals surface area (Å²) in [6.45, 7) is 2.19. The van der Waals surface area contributed by atoms with Crippen molar-refractivity contribution in [3.63, 3.8) is 0 Å². The van der Waals surface area contributed by atoms with Crippen LogP contribution in [0.3, 0.4) is 0 Å². The van der Waals surface area contributed by atoms with Crippen molar-refractivity contribution < 1.29 is 13.2 Å². The quantitative estimate of drug-likeness (QED) is 0.721. The Hall–Kier alpha value is -0.470. The van der Waals surface area contributed by atoms with Crippen molar-refractivity contribution in [2.24, 2.45) is 0 Å².